The van der Waals surface area contributed by atoms with Crippen LogP contribution in [0.3, 0.4) is 0 Å². The maximum Gasteiger partial charge on any atom is 0.180 e. The summed E-state index contributed by atoms with van der Waals surface area (Å²) in [6, 6.07) is 4.28. The molecule has 0 saturated heterocycles. The zero-order valence-corrected chi connectivity index (χ0v) is 10.9. The predicted molar refractivity (Wildman–Crippen MR) is 76.3 cm³/mol. The maximum absolute atomic E-state index is 5.60. The lowest BCUT2D eigenvalue weighted by molar-refractivity contribution is 0.667. The average Bonchev–Trinajstić information content (AvgIpc) is 2.82. The van der Waals surface area contributed by atoms with Gasteiger partial charge in [-0.25, -0.2) is 4.98 Å². The quantitative estimate of drug-likeness (QED) is 0.899. The van der Waals surface area contributed by atoms with E-state index in [2.05, 4.69) is 17.1 Å². The minimum Gasteiger partial charge on any atom is -0.375 e. The number of hydrogen-bond donors (Lipinski definition) is 1. The third kappa shape index (κ3) is 2.43. The molecule has 0 bridgehead atoms. The molecule has 0 amide bonds. The lowest BCUT2D eigenvalue weighted by Gasteiger charge is -2.14. The van der Waals surface area contributed by atoms with Crippen molar-refractivity contribution in [3.63, 3.8) is 0 Å². The number of nitrogens with zero attached hydrogens (tertiary/aromatic N) is 2. The number of aryl methyl sites for hydroxylation is 2. The smallest absolute Gasteiger partial charge is 0.180 e. The summed E-state index contributed by atoms with van der Waals surface area (Å²) in [6.07, 6.45) is 8.81. The van der Waals surface area contributed by atoms with Crippen molar-refractivity contribution in [3.8, 4) is 0 Å². The molecule has 0 saturated carbocycles. The molecule has 0 radical (unpaired) electrons. The molecule has 0 aromatic carbocycles. The van der Waals surface area contributed by atoms with E-state index in [0.29, 0.717) is 5.13 Å². The normalized spacial score (nSPS) is 14.9. The van der Waals surface area contributed by atoms with Crippen molar-refractivity contribution in [1.82, 2.24) is 9.97 Å². The van der Waals surface area contributed by atoms with Gasteiger partial charge in [-0.1, -0.05) is 6.07 Å². The van der Waals surface area contributed by atoms with Crippen LogP contribution in [0.2, 0.25) is 0 Å². The largest absolute Gasteiger partial charge is 0.375 e. The Morgan fingerprint density at radius 2 is 1.89 bits per heavy atom. The van der Waals surface area contributed by atoms with E-state index in [0.717, 1.165) is 17.8 Å². The van der Waals surface area contributed by atoms with Crippen LogP contribution in [-0.4, -0.2) is 9.97 Å². The summed E-state index contributed by atoms with van der Waals surface area (Å²) in [5, 5.41) is 2.55. The number of nitrogens with two attached hydrogens (primary N) is 1. The van der Waals surface area contributed by atoms with Gasteiger partial charge in [0.2, 0.25) is 0 Å². The first-order valence-electron chi connectivity index (χ1n) is 6.19. The van der Waals surface area contributed by atoms with Crippen molar-refractivity contribution in [3.05, 3.63) is 40.2 Å². The van der Waals surface area contributed by atoms with Crippen LogP contribution in [0.15, 0.2) is 17.5 Å². The molecule has 1 aliphatic rings. The topological polar surface area (TPSA) is 51.8 Å². The van der Waals surface area contributed by atoms with Crippen LogP contribution in [0.1, 0.15) is 35.5 Å². The number of fused-ring (bicyclic) bond motifs is 1. The lowest BCUT2D eigenvalue weighted by atomic mass is 9.96. The standard InChI is InChI=1S/C14H15N3S/c15-14-17-12(9-18-14)8-7-11-6-5-10-3-1-2-4-13(10)16-11/h5-9H,1-4H2,(H2,15,17). The molecule has 2 aromatic heterocycles. The van der Waals surface area contributed by atoms with Gasteiger partial charge >= 0.3 is 0 Å². The molecular weight excluding hydrogens is 242 g/mol. The van der Waals surface area contributed by atoms with E-state index in [1.807, 2.05) is 17.5 Å². The summed E-state index contributed by atoms with van der Waals surface area (Å²) >= 11 is 1.46. The summed E-state index contributed by atoms with van der Waals surface area (Å²) in [7, 11) is 0. The SMILES string of the molecule is Nc1nc(C=Cc2ccc3c(n2)CCCC3)cs1. The molecule has 0 atom stereocenters. The van der Waals surface area contributed by atoms with Crippen LogP contribution in [0.4, 0.5) is 5.13 Å². The zero-order valence-electron chi connectivity index (χ0n) is 10.1. The highest BCUT2D eigenvalue weighted by Gasteiger charge is 2.09. The average molecular weight is 257 g/mol. The highest BCUT2D eigenvalue weighted by molar-refractivity contribution is 7.13. The van der Waals surface area contributed by atoms with Crippen molar-refractivity contribution < 1.29 is 0 Å². The molecule has 0 aliphatic heterocycles. The van der Waals surface area contributed by atoms with E-state index < -0.39 is 0 Å². The number of thiazole rings is 1. The molecule has 2 N–H and O–H groups in total. The van der Waals surface area contributed by atoms with E-state index in [4.69, 9.17) is 10.7 Å². The van der Waals surface area contributed by atoms with Crippen LogP contribution in [-0.2, 0) is 12.8 Å². The third-order valence-electron chi connectivity index (χ3n) is 3.16. The van der Waals surface area contributed by atoms with Crippen LogP contribution >= 0.6 is 11.3 Å². The third-order valence-corrected chi connectivity index (χ3v) is 3.86. The van der Waals surface area contributed by atoms with Gasteiger partial charge in [-0.2, -0.15) is 0 Å². The van der Waals surface area contributed by atoms with Gasteiger partial charge in [-0.05, 0) is 49.5 Å². The fourth-order valence-electron chi connectivity index (χ4n) is 2.24. The minimum atomic E-state index is 0.605. The number of nitrogen functional groups attached to an aromatic ring is 1. The number of pyridine rings is 1. The Balaban J connectivity index is 1.82. The molecule has 18 heavy (non-hydrogen) atoms. The predicted octanol–water partition coefficient (Wildman–Crippen LogP) is 3.17. The van der Waals surface area contributed by atoms with Crippen molar-refractivity contribution in [2.24, 2.45) is 0 Å². The first kappa shape index (κ1) is 11.4. The van der Waals surface area contributed by atoms with Crippen molar-refractivity contribution in [2.45, 2.75) is 25.7 Å². The summed E-state index contributed by atoms with van der Waals surface area (Å²) < 4.78 is 0. The highest BCUT2D eigenvalue weighted by Crippen LogP contribution is 2.20. The Morgan fingerprint density at radius 3 is 2.72 bits per heavy atom. The Kier molecular flexibility index (Phi) is 3.11. The zero-order chi connectivity index (χ0) is 12.4. The van der Waals surface area contributed by atoms with E-state index in [1.165, 1.54) is 41.9 Å². The Labute approximate surface area is 110 Å². The summed E-state index contributed by atoms with van der Waals surface area (Å²) in [4.78, 5) is 8.89. The van der Waals surface area contributed by atoms with Crippen molar-refractivity contribution >= 4 is 28.6 Å². The van der Waals surface area contributed by atoms with Gasteiger partial charge in [-0.15, -0.1) is 11.3 Å². The summed E-state index contributed by atoms with van der Waals surface area (Å²) in [5.41, 5.74) is 10.2. The van der Waals surface area contributed by atoms with Crippen molar-refractivity contribution in [2.75, 3.05) is 5.73 Å². The molecule has 0 unspecified atom stereocenters. The second-order valence-corrected chi connectivity index (χ2v) is 5.38. The second-order valence-electron chi connectivity index (χ2n) is 4.49. The highest BCUT2D eigenvalue weighted by atomic mass is 32.1. The van der Waals surface area contributed by atoms with E-state index in [1.54, 1.807) is 0 Å². The molecule has 3 nitrogen and oxygen atoms in total. The molecule has 4 heteroatoms. The number of aromatic nitrogens is 2. The van der Waals surface area contributed by atoms with Gasteiger partial charge in [0.15, 0.2) is 5.13 Å². The number of rotatable bonds is 2. The summed E-state index contributed by atoms with van der Waals surface area (Å²) in [5.74, 6) is 0. The first-order valence-corrected chi connectivity index (χ1v) is 7.07. The van der Waals surface area contributed by atoms with Gasteiger partial charge in [0.05, 0.1) is 11.4 Å². The molecule has 2 aromatic rings. The van der Waals surface area contributed by atoms with Gasteiger partial charge in [0.1, 0.15) is 0 Å². The van der Waals surface area contributed by atoms with Crippen LogP contribution in [0, 0.1) is 0 Å². The van der Waals surface area contributed by atoms with Crippen molar-refractivity contribution in [1.29, 1.82) is 0 Å². The lowest BCUT2D eigenvalue weighted by Crippen LogP contribution is -2.05. The molecule has 92 valence electrons. The fourth-order valence-corrected chi connectivity index (χ4v) is 2.77. The molecule has 0 spiro atoms. The van der Waals surface area contributed by atoms with Crippen LogP contribution < -0.4 is 5.73 Å². The summed E-state index contributed by atoms with van der Waals surface area (Å²) in [6.45, 7) is 0. The van der Waals surface area contributed by atoms with E-state index >= 15 is 0 Å². The molecule has 2 heterocycles. The molecule has 3 rings (SSSR count). The van der Waals surface area contributed by atoms with E-state index in [9.17, 15) is 0 Å². The second kappa shape index (κ2) is 4.90. The van der Waals surface area contributed by atoms with Gasteiger partial charge in [0.25, 0.3) is 0 Å². The molecule has 1 aliphatic carbocycles. The van der Waals surface area contributed by atoms with Crippen LogP contribution in [0.25, 0.3) is 12.2 Å². The Hall–Kier alpha value is -1.68. The first-order chi connectivity index (χ1) is 8.81. The molecular formula is C14H15N3S. The van der Waals surface area contributed by atoms with Crippen LogP contribution in [0.5, 0.6) is 0 Å². The number of hydrogen-bond acceptors (Lipinski definition) is 4. The fraction of sp³-hybridized carbons (Fsp3) is 0.286. The van der Waals surface area contributed by atoms with Gasteiger partial charge in [0, 0.05) is 11.1 Å². The monoisotopic (exact) mass is 257 g/mol. The minimum absolute atomic E-state index is 0.605. The van der Waals surface area contributed by atoms with Gasteiger partial charge in [-0.3, -0.25) is 4.98 Å². The Morgan fingerprint density at radius 1 is 1.06 bits per heavy atom. The molecule has 0 fully saturated rings. The van der Waals surface area contributed by atoms with Gasteiger partial charge < -0.3 is 5.73 Å². The van der Waals surface area contributed by atoms with E-state index in [-0.39, 0.29) is 0 Å². The maximum atomic E-state index is 5.60. The number of anilines is 1. The Bertz CT molecular complexity index is 586.